The third-order valence-electron chi connectivity index (χ3n) is 19.5. The number of unbranched alkanes of at least 4 members (excludes halogenated alkanes) is 15. The largest absolute Gasteiger partial charge is 0.0654 e. The standard InChI is InChI=1S/C32H46.C20H24.C20H28.C14H22/c1-5-7-9-11-13-15-17-27-28(18-16-14-12-10-8-6-2)32-24-26(4)20-22-30(32)29-21-19-25(3)23-31(27)29;1-13-7-9-15-16-10-8-14(2)12-18(16)20(5,6)19(3,4)17(15)11-13;1-5-7-9-17-11-15(3)14-20-18(10-8-6-2)12-16(4)13-19(17)20;1-4-5-6-7-8-14-10-12(2)9-13(3)11-14/h19-24H,5-18H2,1-4H3;7-12H,1-6H3;11-14H,5-10H2,1-4H3;9-11H,4-8H2,1-3H3. The molecule has 0 aliphatic heterocycles. The Hall–Kier alpha value is -5.46. The summed E-state index contributed by atoms with van der Waals surface area (Å²) >= 11 is 0. The van der Waals surface area contributed by atoms with Crippen molar-refractivity contribution in [3.63, 3.8) is 0 Å². The van der Waals surface area contributed by atoms with E-state index in [2.05, 4.69) is 233 Å². The molecule has 0 bridgehead atoms. The molecular weight excluding hydrogens is 1030 g/mol. The molecule has 9 rings (SSSR count). The average molecular weight is 1150 g/mol. The lowest BCUT2D eigenvalue weighted by molar-refractivity contribution is 0.299. The summed E-state index contributed by atoms with van der Waals surface area (Å²) in [4.78, 5) is 0. The molecule has 0 heterocycles. The van der Waals surface area contributed by atoms with E-state index >= 15 is 0 Å². The van der Waals surface area contributed by atoms with Crippen LogP contribution >= 0.6 is 0 Å². The van der Waals surface area contributed by atoms with Crippen LogP contribution in [0.25, 0.3) is 43.4 Å². The van der Waals surface area contributed by atoms with Gasteiger partial charge in [0.25, 0.3) is 0 Å². The first kappa shape index (κ1) is 69.6. The lowest BCUT2D eigenvalue weighted by Gasteiger charge is -2.48. The topological polar surface area (TPSA) is 0 Å². The molecule has 0 spiro atoms. The molecule has 0 atom stereocenters. The summed E-state index contributed by atoms with van der Waals surface area (Å²) in [6.45, 7) is 38.7. The molecule has 86 heavy (non-hydrogen) atoms. The normalized spacial score (nSPS) is 12.9. The van der Waals surface area contributed by atoms with E-state index < -0.39 is 0 Å². The van der Waals surface area contributed by atoms with Crippen molar-refractivity contribution in [1.29, 1.82) is 0 Å². The SMILES string of the molecule is CCCCCCCCc1c(CCCCCCCC)c2cc(C)ccc2c2ccc(C)cc12.CCCCCCc1cc(C)cc(C)c1.CCCCc1cc(C)cc2c(CCCC)cc(C)cc12.Cc1ccc2c(c1)C(C)(C)C(C)(C)c1cc(C)ccc1-2. The Kier molecular flexibility index (Phi) is 27.8. The van der Waals surface area contributed by atoms with Crippen LogP contribution in [0.5, 0.6) is 0 Å². The zero-order valence-corrected chi connectivity index (χ0v) is 58.1. The van der Waals surface area contributed by atoms with Crippen molar-refractivity contribution in [2.45, 2.75) is 289 Å². The highest BCUT2D eigenvalue weighted by atomic mass is 14.5. The van der Waals surface area contributed by atoms with Gasteiger partial charge in [-0.3, -0.25) is 0 Å². The number of aryl methyl sites for hydroxylation is 13. The summed E-state index contributed by atoms with van der Waals surface area (Å²) in [5.74, 6) is 0. The van der Waals surface area contributed by atoms with E-state index in [1.807, 2.05) is 0 Å². The van der Waals surface area contributed by atoms with Gasteiger partial charge in [0, 0.05) is 0 Å². The molecule has 0 aromatic heterocycles. The minimum absolute atomic E-state index is 0.134. The van der Waals surface area contributed by atoms with E-state index in [-0.39, 0.29) is 10.8 Å². The molecule has 0 saturated heterocycles. The molecule has 8 aromatic carbocycles. The van der Waals surface area contributed by atoms with Crippen LogP contribution in [-0.2, 0) is 42.9 Å². The van der Waals surface area contributed by atoms with E-state index in [0.717, 1.165) is 0 Å². The summed E-state index contributed by atoms with van der Waals surface area (Å²) in [6.07, 6.45) is 33.1. The third-order valence-corrected chi connectivity index (χ3v) is 19.5. The minimum Gasteiger partial charge on any atom is -0.0654 e. The van der Waals surface area contributed by atoms with Gasteiger partial charge in [0.1, 0.15) is 0 Å². The Balaban J connectivity index is 0.000000192. The van der Waals surface area contributed by atoms with Crippen LogP contribution in [0.3, 0.4) is 0 Å². The van der Waals surface area contributed by atoms with Crippen molar-refractivity contribution in [3.05, 3.63) is 199 Å². The van der Waals surface area contributed by atoms with Crippen molar-refractivity contribution in [2.24, 2.45) is 0 Å². The predicted octanol–water partition coefficient (Wildman–Crippen LogP) is 26.5. The fourth-order valence-electron chi connectivity index (χ4n) is 13.9. The monoisotopic (exact) mass is 1150 g/mol. The highest BCUT2D eigenvalue weighted by molar-refractivity contribution is 6.11. The maximum Gasteiger partial charge on any atom is -0.000558 e. The molecule has 1 aliphatic rings. The lowest BCUT2D eigenvalue weighted by atomic mass is 9.55. The second-order valence-electron chi connectivity index (χ2n) is 27.9. The molecule has 0 heteroatoms. The van der Waals surface area contributed by atoms with Crippen LogP contribution in [0.4, 0.5) is 0 Å². The molecule has 0 amide bonds. The summed E-state index contributed by atoms with van der Waals surface area (Å²) in [5.41, 5.74) is 25.1. The van der Waals surface area contributed by atoms with E-state index in [9.17, 15) is 0 Å². The molecule has 464 valence electrons. The van der Waals surface area contributed by atoms with Crippen LogP contribution in [-0.4, -0.2) is 0 Å². The number of fused-ring (bicyclic) bond motifs is 7. The van der Waals surface area contributed by atoms with Crippen molar-refractivity contribution in [3.8, 4) is 11.1 Å². The molecule has 0 saturated carbocycles. The van der Waals surface area contributed by atoms with E-state index in [1.165, 1.54) is 265 Å². The highest BCUT2D eigenvalue weighted by Gasteiger charge is 2.45. The maximum absolute atomic E-state index is 2.46. The molecule has 0 fully saturated rings. The fraction of sp³-hybridized carbons (Fsp3) is 0.512. The van der Waals surface area contributed by atoms with E-state index in [4.69, 9.17) is 0 Å². The van der Waals surface area contributed by atoms with Crippen molar-refractivity contribution in [2.75, 3.05) is 0 Å². The second-order valence-corrected chi connectivity index (χ2v) is 27.9. The zero-order valence-electron chi connectivity index (χ0n) is 58.1. The van der Waals surface area contributed by atoms with Gasteiger partial charge in [-0.2, -0.15) is 0 Å². The predicted molar refractivity (Wildman–Crippen MR) is 387 cm³/mol. The first-order valence-corrected chi connectivity index (χ1v) is 35.0. The van der Waals surface area contributed by atoms with Gasteiger partial charge >= 0.3 is 0 Å². The Morgan fingerprint density at radius 2 is 0.558 bits per heavy atom. The van der Waals surface area contributed by atoms with Crippen molar-refractivity contribution >= 4 is 32.3 Å². The number of benzene rings is 8. The van der Waals surface area contributed by atoms with Gasteiger partial charge in [-0.05, 0) is 213 Å². The maximum atomic E-state index is 2.46. The van der Waals surface area contributed by atoms with Gasteiger partial charge < -0.3 is 0 Å². The van der Waals surface area contributed by atoms with Gasteiger partial charge in [0.2, 0.25) is 0 Å². The van der Waals surface area contributed by atoms with Crippen LogP contribution in [0.1, 0.15) is 274 Å². The number of hydrogen-bond donors (Lipinski definition) is 0. The summed E-state index contributed by atoms with van der Waals surface area (Å²) < 4.78 is 0. The van der Waals surface area contributed by atoms with E-state index in [1.54, 1.807) is 22.3 Å². The van der Waals surface area contributed by atoms with Gasteiger partial charge in [0.05, 0.1) is 0 Å². The summed E-state index contributed by atoms with van der Waals surface area (Å²) in [6, 6.07) is 44.5. The van der Waals surface area contributed by atoms with Crippen LogP contribution < -0.4 is 0 Å². The van der Waals surface area contributed by atoms with Gasteiger partial charge in [0.15, 0.2) is 0 Å². The Morgan fingerprint density at radius 3 is 0.953 bits per heavy atom. The second kappa shape index (κ2) is 34.3. The lowest BCUT2D eigenvalue weighted by Crippen LogP contribution is -2.43. The van der Waals surface area contributed by atoms with Gasteiger partial charge in [-0.1, -0.05) is 318 Å². The Labute approximate surface area is 528 Å². The Bertz CT molecular complexity index is 3170. The highest BCUT2D eigenvalue weighted by Crippen LogP contribution is 2.54. The number of hydrogen-bond acceptors (Lipinski definition) is 0. The molecular formula is C86H120. The first-order valence-electron chi connectivity index (χ1n) is 35.0. The number of rotatable bonds is 25. The first-order chi connectivity index (χ1) is 41.3. The fourth-order valence-corrected chi connectivity index (χ4v) is 13.9. The third kappa shape index (κ3) is 19.0. The van der Waals surface area contributed by atoms with E-state index in [0.29, 0.717) is 0 Å². The average Bonchev–Trinajstić information content (AvgIpc) is 0.742. The molecule has 0 unspecified atom stereocenters. The summed E-state index contributed by atoms with van der Waals surface area (Å²) in [7, 11) is 0. The molecule has 1 aliphatic carbocycles. The van der Waals surface area contributed by atoms with Crippen LogP contribution in [0, 0.1) is 55.4 Å². The zero-order chi connectivity index (χ0) is 62.4. The molecule has 0 nitrogen and oxygen atoms in total. The van der Waals surface area contributed by atoms with Crippen LogP contribution in [0.2, 0.25) is 0 Å². The Morgan fingerprint density at radius 1 is 0.244 bits per heavy atom. The molecule has 0 N–H and O–H groups in total. The van der Waals surface area contributed by atoms with Gasteiger partial charge in [-0.25, -0.2) is 0 Å². The smallest absolute Gasteiger partial charge is 0.000558 e. The molecule has 0 radical (unpaired) electrons. The van der Waals surface area contributed by atoms with Crippen LogP contribution in [0.15, 0.2) is 115 Å². The summed E-state index contributed by atoms with van der Waals surface area (Å²) in [5, 5.41) is 8.95. The molecule has 8 aromatic rings. The van der Waals surface area contributed by atoms with Gasteiger partial charge in [-0.15, -0.1) is 0 Å². The quantitative estimate of drug-likeness (QED) is 0.0395. The minimum atomic E-state index is 0.134. The van der Waals surface area contributed by atoms with Crippen molar-refractivity contribution < 1.29 is 0 Å². The van der Waals surface area contributed by atoms with Crippen molar-refractivity contribution in [1.82, 2.24) is 0 Å².